The van der Waals surface area contributed by atoms with Crippen molar-refractivity contribution in [3.8, 4) is 0 Å². The van der Waals surface area contributed by atoms with E-state index in [-0.39, 0.29) is 19.9 Å². The molecule has 0 aliphatic rings. The lowest BCUT2D eigenvalue weighted by Gasteiger charge is -2.03. The smallest absolute Gasteiger partial charge is 0.330 e. The van der Waals surface area contributed by atoms with Crippen LogP contribution in [0.1, 0.15) is 58.3 Å². The average molecular weight is 339 g/mol. The van der Waals surface area contributed by atoms with E-state index in [0.29, 0.717) is 6.61 Å². The Labute approximate surface area is 136 Å². The van der Waals surface area contributed by atoms with Gasteiger partial charge in [-0.2, -0.15) is 0 Å². The first-order valence-electron chi connectivity index (χ1n) is 7.74. The number of hydrogen-bond acceptors (Lipinski definition) is 2. The fourth-order valence-electron chi connectivity index (χ4n) is 2.00. The van der Waals surface area contributed by atoms with E-state index in [1.54, 1.807) is 6.08 Å². The Morgan fingerprint density at radius 1 is 1.05 bits per heavy atom. The highest BCUT2D eigenvalue weighted by molar-refractivity contribution is 6.68. The van der Waals surface area contributed by atoms with E-state index in [0.717, 1.165) is 12.8 Å². The molecule has 0 radical (unpaired) electrons. The van der Waals surface area contributed by atoms with E-state index in [1.807, 2.05) is 6.92 Å². The standard InChI is InChI=1S/C15H28Cl2O2Si/c1-2-11-14(18)19-12-9-7-5-3-4-6-8-10-13-20-15(16)17/h2,11,15H,3-10,12-13,20H2,1H3. The minimum absolute atomic E-state index is 0.0584. The predicted octanol–water partition coefficient (Wildman–Crippen LogP) is 4.57. The topological polar surface area (TPSA) is 26.3 Å². The number of ether oxygens (including phenoxy) is 1. The molecule has 0 aromatic rings. The van der Waals surface area contributed by atoms with E-state index in [1.165, 1.54) is 50.6 Å². The number of allylic oxidation sites excluding steroid dienone is 1. The quantitative estimate of drug-likeness (QED) is 0.161. The molecule has 0 saturated heterocycles. The van der Waals surface area contributed by atoms with Gasteiger partial charge < -0.3 is 4.74 Å². The van der Waals surface area contributed by atoms with Crippen molar-refractivity contribution in [2.75, 3.05) is 6.61 Å². The maximum absolute atomic E-state index is 11.0. The molecule has 0 heterocycles. The summed E-state index contributed by atoms with van der Waals surface area (Å²) in [6.45, 7) is 2.36. The van der Waals surface area contributed by atoms with Crippen molar-refractivity contribution >= 4 is 38.7 Å². The van der Waals surface area contributed by atoms with Crippen LogP contribution in [-0.4, -0.2) is 26.6 Å². The van der Waals surface area contributed by atoms with Crippen LogP contribution in [0.4, 0.5) is 0 Å². The first kappa shape index (κ1) is 20.0. The van der Waals surface area contributed by atoms with Crippen molar-refractivity contribution in [3.05, 3.63) is 12.2 Å². The number of carbonyl (C=O) groups is 1. The Bertz CT molecular complexity index is 258. The molecule has 20 heavy (non-hydrogen) atoms. The maximum Gasteiger partial charge on any atom is 0.330 e. The van der Waals surface area contributed by atoms with Gasteiger partial charge in [0.2, 0.25) is 0 Å². The number of rotatable bonds is 13. The second kappa shape index (κ2) is 15.4. The molecule has 0 fully saturated rings. The molecule has 2 nitrogen and oxygen atoms in total. The molecular formula is C15H28Cl2O2Si. The van der Waals surface area contributed by atoms with Crippen LogP contribution < -0.4 is 0 Å². The number of unbranched alkanes of at least 4 members (excludes halogenated alkanes) is 7. The van der Waals surface area contributed by atoms with Crippen LogP contribution in [0.15, 0.2) is 12.2 Å². The van der Waals surface area contributed by atoms with Gasteiger partial charge >= 0.3 is 5.97 Å². The highest BCUT2D eigenvalue weighted by Gasteiger charge is 1.99. The van der Waals surface area contributed by atoms with Crippen molar-refractivity contribution in [1.82, 2.24) is 0 Å². The normalized spacial score (nSPS) is 12.0. The average Bonchev–Trinajstić information content (AvgIpc) is 2.40. The zero-order chi connectivity index (χ0) is 15.1. The Balaban J connectivity index is 3.08. The van der Waals surface area contributed by atoms with Gasteiger partial charge in [-0.15, -0.1) is 23.2 Å². The molecule has 0 aliphatic carbocycles. The largest absolute Gasteiger partial charge is 0.463 e. The molecule has 0 atom stereocenters. The fourth-order valence-corrected chi connectivity index (χ4v) is 3.87. The van der Waals surface area contributed by atoms with Gasteiger partial charge in [-0.25, -0.2) is 4.79 Å². The van der Waals surface area contributed by atoms with Crippen molar-refractivity contribution in [2.45, 2.75) is 68.8 Å². The van der Waals surface area contributed by atoms with Crippen molar-refractivity contribution in [1.29, 1.82) is 0 Å². The summed E-state index contributed by atoms with van der Waals surface area (Å²) in [5.41, 5.74) is 0. The lowest BCUT2D eigenvalue weighted by atomic mass is 10.1. The lowest BCUT2D eigenvalue weighted by molar-refractivity contribution is -0.137. The lowest BCUT2D eigenvalue weighted by Crippen LogP contribution is -2.01. The molecule has 0 rings (SSSR count). The van der Waals surface area contributed by atoms with Crippen molar-refractivity contribution < 1.29 is 9.53 Å². The van der Waals surface area contributed by atoms with Gasteiger partial charge in [-0.3, -0.25) is 0 Å². The minimum Gasteiger partial charge on any atom is -0.463 e. The van der Waals surface area contributed by atoms with Crippen LogP contribution in [0.2, 0.25) is 6.04 Å². The summed E-state index contributed by atoms with van der Waals surface area (Å²) < 4.78 is 4.97. The first-order valence-corrected chi connectivity index (χ1v) is 10.4. The summed E-state index contributed by atoms with van der Waals surface area (Å²) in [5, 5.41) is 0. The third-order valence-corrected chi connectivity index (χ3v) is 5.77. The molecule has 0 N–H and O–H groups in total. The number of esters is 1. The summed E-state index contributed by atoms with van der Waals surface area (Å²) in [4.78, 5) is 11.0. The van der Waals surface area contributed by atoms with Crippen LogP contribution in [0.5, 0.6) is 0 Å². The highest BCUT2D eigenvalue weighted by atomic mass is 35.5. The van der Waals surface area contributed by atoms with Gasteiger partial charge in [0.15, 0.2) is 0 Å². The minimum atomic E-state index is -0.234. The van der Waals surface area contributed by atoms with Gasteiger partial charge in [0, 0.05) is 6.08 Å². The SMILES string of the molecule is CC=CC(=O)OCCCCCCCCCC[SiH2]C(Cl)Cl. The number of halogens is 2. The number of hydrogen-bond donors (Lipinski definition) is 0. The highest BCUT2D eigenvalue weighted by Crippen LogP contribution is 2.11. The summed E-state index contributed by atoms with van der Waals surface area (Å²) in [6.07, 6.45) is 13.0. The first-order chi connectivity index (χ1) is 9.66. The monoisotopic (exact) mass is 338 g/mol. The number of alkyl halides is 2. The van der Waals surface area contributed by atoms with Crippen LogP contribution in [0.25, 0.3) is 0 Å². The summed E-state index contributed by atoms with van der Waals surface area (Å²) in [5.74, 6) is -0.229. The predicted molar refractivity (Wildman–Crippen MR) is 91.6 cm³/mol. The van der Waals surface area contributed by atoms with Crippen LogP contribution in [0.3, 0.4) is 0 Å². The van der Waals surface area contributed by atoms with Crippen LogP contribution in [-0.2, 0) is 9.53 Å². The van der Waals surface area contributed by atoms with Crippen molar-refractivity contribution in [3.63, 3.8) is 0 Å². The molecule has 0 unspecified atom stereocenters. The Kier molecular flexibility index (Phi) is 15.4. The van der Waals surface area contributed by atoms with Gasteiger partial charge in [0.05, 0.1) is 20.6 Å². The van der Waals surface area contributed by atoms with Gasteiger partial charge in [0.1, 0.15) is 0 Å². The number of carbonyl (C=O) groups excluding carboxylic acids is 1. The third kappa shape index (κ3) is 16.1. The van der Waals surface area contributed by atoms with E-state index >= 15 is 0 Å². The second-order valence-electron chi connectivity index (χ2n) is 5.03. The summed E-state index contributed by atoms with van der Waals surface area (Å²) in [7, 11) is -0.234. The molecule has 0 spiro atoms. The second-order valence-corrected chi connectivity index (χ2v) is 9.44. The Morgan fingerprint density at radius 3 is 2.15 bits per heavy atom. The van der Waals surface area contributed by atoms with E-state index in [2.05, 4.69) is 0 Å². The maximum atomic E-state index is 11.0. The molecule has 0 aromatic carbocycles. The molecule has 0 amide bonds. The van der Waals surface area contributed by atoms with E-state index in [9.17, 15) is 4.79 Å². The molecule has 0 aromatic heterocycles. The van der Waals surface area contributed by atoms with Crippen molar-refractivity contribution in [2.24, 2.45) is 0 Å². The van der Waals surface area contributed by atoms with Crippen LogP contribution >= 0.6 is 23.2 Å². The Morgan fingerprint density at radius 2 is 1.60 bits per heavy atom. The van der Waals surface area contributed by atoms with Gasteiger partial charge in [0.25, 0.3) is 0 Å². The fraction of sp³-hybridized carbons (Fsp3) is 0.800. The zero-order valence-electron chi connectivity index (χ0n) is 12.6. The molecule has 0 saturated carbocycles. The molecule has 0 bridgehead atoms. The van der Waals surface area contributed by atoms with E-state index in [4.69, 9.17) is 27.9 Å². The summed E-state index contributed by atoms with van der Waals surface area (Å²) >= 11 is 11.5. The molecule has 5 heteroatoms. The van der Waals surface area contributed by atoms with E-state index < -0.39 is 0 Å². The Hall–Kier alpha value is 0.00688. The molecular weight excluding hydrogens is 311 g/mol. The van der Waals surface area contributed by atoms with Gasteiger partial charge in [-0.1, -0.05) is 57.1 Å². The zero-order valence-corrected chi connectivity index (χ0v) is 15.5. The summed E-state index contributed by atoms with van der Waals surface area (Å²) in [6, 6.07) is 1.27. The molecule has 0 aliphatic heterocycles. The van der Waals surface area contributed by atoms with Gasteiger partial charge in [-0.05, 0) is 13.3 Å². The van der Waals surface area contributed by atoms with Crippen LogP contribution in [0, 0.1) is 0 Å². The third-order valence-electron chi connectivity index (χ3n) is 3.11. The molecule has 118 valence electrons.